The van der Waals surface area contributed by atoms with E-state index in [9.17, 15) is 9.36 Å². The highest BCUT2D eigenvalue weighted by Gasteiger charge is 2.39. The van der Waals surface area contributed by atoms with Crippen LogP contribution in [0.15, 0.2) is 36.7 Å². The van der Waals surface area contributed by atoms with Crippen LogP contribution in [0, 0.1) is 5.92 Å². The van der Waals surface area contributed by atoms with Gasteiger partial charge in [0.05, 0.1) is 25.1 Å². The number of rotatable bonds is 12. The fourth-order valence-corrected chi connectivity index (χ4v) is 6.04. The molecule has 0 radical (unpaired) electrons. The van der Waals surface area contributed by atoms with Gasteiger partial charge in [-0.3, -0.25) is 13.9 Å². The van der Waals surface area contributed by atoms with Gasteiger partial charge in [0, 0.05) is 12.0 Å². The topological polar surface area (TPSA) is 165 Å². The quantitative estimate of drug-likeness (QED) is 0.211. The average molecular weight is 574 g/mol. The Morgan fingerprint density at radius 2 is 1.98 bits per heavy atom. The van der Waals surface area contributed by atoms with E-state index in [0.717, 1.165) is 12.8 Å². The third-order valence-electron chi connectivity index (χ3n) is 6.54. The summed E-state index contributed by atoms with van der Waals surface area (Å²) in [6.07, 6.45) is 3.33. The zero-order chi connectivity index (χ0) is 28.4. The van der Waals surface area contributed by atoms with Gasteiger partial charge in [-0.15, -0.1) is 0 Å². The van der Waals surface area contributed by atoms with Gasteiger partial charge >= 0.3 is 13.7 Å². The number of imidazole rings is 1. The number of nitrogens with two attached hydrogens (primary N) is 1. The molecule has 2 fully saturated rings. The minimum absolute atomic E-state index is 0.0395. The van der Waals surface area contributed by atoms with Gasteiger partial charge < -0.3 is 25.0 Å². The number of nitrogen functional groups attached to an aromatic ring is 1. The van der Waals surface area contributed by atoms with Crippen molar-refractivity contribution in [3.63, 3.8) is 0 Å². The lowest BCUT2D eigenvalue weighted by molar-refractivity contribution is -0.149. The number of carbonyl (C=O) groups is 1. The molecule has 14 heteroatoms. The van der Waals surface area contributed by atoms with Crippen molar-refractivity contribution in [1.82, 2.24) is 24.6 Å². The maximum atomic E-state index is 13.8. The van der Waals surface area contributed by atoms with E-state index in [1.807, 2.05) is 17.6 Å². The van der Waals surface area contributed by atoms with Crippen molar-refractivity contribution in [3.05, 3.63) is 36.7 Å². The van der Waals surface area contributed by atoms with Crippen molar-refractivity contribution in [1.29, 1.82) is 0 Å². The molecule has 5 rings (SSSR count). The summed E-state index contributed by atoms with van der Waals surface area (Å²) >= 11 is 0. The number of aromatic nitrogens is 4. The molecule has 216 valence electrons. The molecule has 5 atom stereocenters. The molecule has 2 aliphatic rings. The molecule has 3 heterocycles. The molecule has 0 unspecified atom stereocenters. The first-order valence-electron chi connectivity index (χ1n) is 13.5. The van der Waals surface area contributed by atoms with Gasteiger partial charge in [-0.2, -0.15) is 15.1 Å². The Bertz CT molecular complexity index is 1380. The fourth-order valence-electron chi connectivity index (χ4n) is 4.52. The van der Waals surface area contributed by atoms with Crippen LogP contribution in [-0.4, -0.2) is 56.4 Å². The van der Waals surface area contributed by atoms with Gasteiger partial charge in [-0.05, 0) is 52.2 Å². The van der Waals surface area contributed by atoms with E-state index >= 15 is 0 Å². The smallest absolute Gasteiger partial charge is 0.459 e. The molecule has 0 amide bonds. The molecule has 13 nitrogen and oxygen atoms in total. The number of nitrogens with one attached hydrogen (secondary N) is 2. The SMILES string of the molecule is CC(C)OC(=O)[C@H](C)N[P@](=O)(OC[C@@H]1C[C@H](C)[C@H](n2cnc3c(NC4CC4)nc(N)nc32)O1)Oc1ccccc1. The first-order valence-corrected chi connectivity index (χ1v) is 15.0. The Morgan fingerprint density at radius 1 is 1.23 bits per heavy atom. The Labute approximate surface area is 232 Å². The van der Waals surface area contributed by atoms with Gasteiger partial charge in [0.15, 0.2) is 17.0 Å². The van der Waals surface area contributed by atoms with Crippen molar-refractivity contribution in [2.75, 3.05) is 17.7 Å². The Morgan fingerprint density at radius 3 is 2.67 bits per heavy atom. The van der Waals surface area contributed by atoms with E-state index < -0.39 is 32.1 Å². The molecular weight excluding hydrogens is 537 g/mol. The molecular formula is C26H36N7O6P. The van der Waals surface area contributed by atoms with Crippen LogP contribution in [0.4, 0.5) is 11.8 Å². The lowest BCUT2D eigenvalue weighted by Crippen LogP contribution is -2.36. The summed E-state index contributed by atoms with van der Waals surface area (Å²) < 4.78 is 38.8. The number of hydrogen-bond donors (Lipinski definition) is 3. The summed E-state index contributed by atoms with van der Waals surface area (Å²) in [5.41, 5.74) is 7.21. The minimum atomic E-state index is -4.00. The first kappa shape index (κ1) is 28.3. The van der Waals surface area contributed by atoms with Crippen molar-refractivity contribution >= 4 is 36.6 Å². The lowest BCUT2D eigenvalue weighted by atomic mass is 10.1. The van der Waals surface area contributed by atoms with Crippen molar-refractivity contribution in [2.45, 2.75) is 77.5 Å². The van der Waals surface area contributed by atoms with Crippen LogP contribution in [-0.2, 0) is 23.4 Å². The first-order chi connectivity index (χ1) is 19.1. The van der Waals surface area contributed by atoms with Gasteiger partial charge in [0.1, 0.15) is 18.0 Å². The van der Waals surface area contributed by atoms with Crippen LogP contribution in [0.25, 0.3) is 11.2 Å². The molecule has 2 aromatic heterocycles. The van der Waals surface area contributed by atoms with Gasteiger partial charge in [0.25, 0.3) is 0 Å². The molecule has 1 aliphatic carbocycles. The molecule has 1 aliphatic heterocycles. The number of benzene rings is 1. The second-order valence-electron chi connectivity index (χ2n) is 10.6. The average Bonchev–Trinajstić information content (AvgIpc) is 3.49. The van der Waals surface area contributed by atoms with Crippen LogP contribution in [0.1, 0.15) is 53.2 Å². The number of hydrogen-bond acceptors (Lipinski definition) is 11. The number of nitrogens with zero attached hydrogens (tertiary/aromatic N) is 4. The second-order valence-corrected chi connectivity index (χ2v) is 12.3. The van der Waals surface area contributed by atoms with Crippen molar-refractivity contribution in [2.24, 2.45) is 5.92 Å². The van der Waals surface area contributed by atoms with E-state index in [0.29, 0.717) is 35.2 Å². The summed E-state index contributed by atoms with van der Waals surface area (Å²) in [4.78, 5) is 25.7. The summed E-state index contributed by atoms with van der Waals surface area (Å²) in [6, 6.07) is 8.06. The van der Waals surface area contributed by atoms with Crippen LogP contribution in [0.2, 0.25) is 0 Å². The summed E-state index contributed by atoms with van der Waals surface area (Å²) in [5.74, 6) is 0.594. The second kappa shape index (κ2) is 11.7. The maximum Gasteiger partial charge on any atom is 0.459 e. The highest BCUT2D eigenvalue weighted by Crippen LogP contribution is 2.46. The zero-order valence-electron chi connectivity index (χ0n) is 23.0. The molecule has 4 N–H and O–H groups in total. The Hall–Kier alpha value is -3.25. The van der Waals surface area contributed by atoms with E-state index in [1.165, 1.54) is 0 Å². The van der Waals surface area contributed by atoms with Crippen LogP contribution in [0.5, 0.6) is 5.75 Å². The molecule has 3 aromatic rings. The predicted octanol–water partition coefficient (Wildman–Crippen LogP) is 4.04. The highest BCUT2D eigenvalue weighted by molar-refractivity contribution is 7.52. The van der Waals surface area contributed by atoms with E-state index in [-0.39, 0.29) is 24.6 Å². The third kappa shape index (κ3) is 6.72. The number of esters is 1. The number of ether oxygens (including phenoxy) is 2. The van der Waals surface area contributed by atoms with Crippen molar-refractivity contribution in [3.8, 4) is 5.75 Å². The largest absolute Gasteiger partial charge is 0.462 e. The zero-order valence-corrected chi connectivity index (χ0v) is 23.9. The number of carbonyl (C=O) groups excluding carboxylic acids is 1. The summed E-state index contributed by atoms with van der Waals surface area (Å²) in [5, 5.41) is 6.07. The molecule has 1 saturated heterocycles. The number of fused-ring (bicyclic) bond motifs is 1. The van der Waals surface area contributed by atoms with E-state index in [1.54, 1.807) is 51.4 Å². The summed E-state index contributed by atoms with van der Waals surface area (Å²) in [6.45, 7) is 7.03. The third-order valence-corrected chi connectivity index (χ3v) is 8.18. The molecule has 40 heavy (non-hydrogen) atoms. The standard InChI is InChI=1S/C26H36N7O6P/c1-15(2)37-25(34)17(4)32-40(35,39-19-8-6-5-7-9-19)36-13-20-12-16(3)24(38-20)33-14-28-21-22(29-18-10-11-18)30-26(27)31-23(21)33/h5-9,14-18,20,24H,10-13H2,1-4H3,(H,32,35)(H3,27,29,30,31)/t16-,17-,20-,24+,40-/m0/s1. The summed E-state index contributed by atoms with van der Waals surface area (Å²) in [7, 11) is -4.00. The van der Waals surface area contributed by atoms with E-state index in [4.69, 9.17) is 24.3 Å². The molecule has 0 bridgehead atoms. The molecule has 0 spiro atoms. The Kier molecular flexibility index (Phi) is 8.27. The predicted molar refractivity (Wildman–Crippen MR) is 149 cm³/mol. The normalized spacial score (nSPS) is 23.2. The number of para-hydroxylation sites is 1. The van der Waals surface area contributed by atoms with Crippen LogP contribution < -0.4 is 20.7 Å². The van der Waals surface area contributed by atoms with Gasteiger partial charge in [0.2, 0.25) is 5.95 Å². The van der Waals surface area contributed by atoms with Crippen LogP contribution >= 0.6 is 7.75 Å². The molecule has 1 saturated carbocycles. The van der Waals surface area contributed by atoms with Gasteiger partial charge in [-0.25, -0.2) is 9.55 Å². The van der Waals surface area contributed by atoms with Crippen LogP contribution in [0.3, 0.4) is 0 Å². The minimum Gasteiger partial charge on any atom is -0.462 e. The number of anilines is 2. The van der Waals surface area contributed by atoms with Crippen molar-refractivity contribution < 1.29 is 27.9 Å². The van der Waals surface area contributed by atoms with E-state index in [2.05, 4.69) is 25.4 Å². The molecule has 1 aromatic carbocycles. The fraction of sp³-hybridized carbons (Fsp3) is 0.538. The highest BCUT2D eigenvalue weighted by atomic mass is 31.2. The maximum absolute atomic E-state index is 13.8. The lowest BCUT2D eigenvalue weighted by Gasteiger charge is -2.24. The monoisotopic (exact) mass is 573 g/mol. The van der Waals surface area contributed by atoms with Gasteiger partial charge in [-0.1, -0.05) is 25.1 Å². The Balaban J connectivity index is 1.29.